The van der Waals surface area contributed by atoms with Crippen molar-refractivity contribution in [3.05, 3.63) is 0 Å². The van der Waals surface area contributed by atoms with Gasteiger partial charge < -0.3 is 10.4 Å². The molecule has 3 heteroatoms. The second kappa shape index (κ2) is 5.32. The van der Waals surface area contributed by atoms with Crippen molar-refractivity contribution in [2.24, 2.45) is 22.7 Å². The average molecular weight is 279 g/mol. The van der Waals surface area contributed by atoms with Crippen LogP contribution in [0.4, 0.5) is 0 Å². The zero-order valence-corrected chi connectivity index (χ0v) is 12.8. The lowest BCUT2D eigenvalue weighted by Gasteiger charge is -2.60. The lowest BCUT2D eigenvalue weighted by Crippen LogP contribution is -2.56. The normalized spacial score (nSPS) is 41.9. The number of hydrogen-bond donors (Lipinski definition) is 2. The van der Waals surface area contributed by atoms with Gasteiger partial charge in [-0.05, 0) is 75.0 Å². The molecule has 4 aliphatic rings. The molecule has 0 aliphatic heterocycles. The van der Waals surface area contributed by atoms with Crippen molar-refractivity contribution >= 4 is 5.91 Å². The van der Waals surface area contributed by atoms with Gasteiger partial charge in [0.05, 0.1) is 5.41 Å². The zero-order valence-electron chi connectivity index (χ0n) is 12.8. The molecule has 2 unspecified atom stereocenters. The minimum Gasteiger partial charge on any atom is -0.396 e. The molecule has 3 nitrogen and oxygen atoms in total. The lowest BCUT2D eigenvalue weighted by atomic mass is 9.44. The summed E-state index contributed by atoms with van der Waals surface area (Å²) >= 11 is 0. The van der Waals surface area contributed by atoms with Gasteiger partial charge in [0, 0.05) is 13.2 Å². The molecule has 0 aromatic carbocycles. The van der Waals surface area contributed by atoms with Gasteiger partial charge in [-0.25, -0.2) is 0 Å². The van der Waals surface area contributed by atoms with Crippen molar-refractivity contribution in [3.8, 4) is 0 Å². The molecule has 0 radical (unpaired) electrons. The second-order valence-corrected chi connectivity index (χ2v) is 8.09. The maximum Gasteiger partial charge on any atom is 0.226 e. The molecule has 2 N–H and O–H groups in total. The van der Waals surface area contributed by atoms with Gasteiger partial charge in [0.1, 0.15) is 0 Å². The lowest BCUT2D eigenvalue weighted by molar-refractivity contribution is -0.155. The van der Waals surface area contributed by atoms with E-state index >= 15 is 0 Å². The van der Waals surface area contributed by atoms with Crippen LogP contribution in [0.15, 0.2) is 0 Å². The summed E-state index contributed by atoms with van der Waals surface area (Å²) in [4.78, 5) is 12.7. The molecule has 0 spiro atoms. The number of rotatable bonds is 6. The van der Waals surface area contributed by atoms with Crippen LogP contribution in [-0.4, -0.2) is 24.2 Å². The van der Waals surface area contributed by atoms with Crippen LogP contribution in [-0.2, 0) is 4.79 Å². The Morgan fingerprint density at radius 2 is 1.85 bits per heavy atom. The number of nitrogens with one attached hydrogen (secondary N) is 1. The van der Waals surface area contributed by atoms with Gasteiger partial charge in [0.15, 0.2) is 0 Å². The van der Waals surface area contributed by atoms with Crippen LogP contribution in [0.5, 0.6) is 0 Å². The Hall–Kier alpha value is -0.570. The number of carbonyl (C=O) groups excluding carboxylic acids is 1. The number of amides is 1. The summed E-state index contributed by atoms with van der Waals surface area (Å²) in [5, 5.41) is 12.0. The van der Waals surface area contributed by atoms with Gasteiger partial charge in [-0.1, -0.05) is 6.92 Å². The van der Waals surface area contributed by atoms with Crippen molar-refractivity contribution in [2.45, 2.75) is 64.7 Å². The monoisotopic (exact) mass is 279 g/mol. The Morgan fingerprint density at radius 3 is 2.45 bits per heavy atom. The first-order chi connectivity index (χ1) is 9.55. The Bertz CT molecular complexity index is 365. The molecule has 4 rings (SSSR count). The standard InChI is InChI=1S/C17H29NO2/c1-16-8-13-7-14(9-16)11-17(10-13,12-16)15(20)18-5-3-2-4-6-19/h13-14,19H,2-12H2,1H3,(H,18,20). The van der Waals surface area contributed by atoms with E-state index in [0.717, 1.165) is 56.9 Å². The molecule has 20 heavy (non-hydrogen) atoms. The van der Waals surface area contributed by atoms with Crippen molar-refractivity contribution in [1.29, 1.82) is 0 Å². The zero-order chi connectivity index (χ0) is 14.2. The second-order valence-electron chi connectivity index (χ2n) is 8.09. The van der Waals surface area contributed by atoms with Crippen molar-refractivity contribution in [3.63, 3.8) is 0 Å². The number of aliphatic hydroxyl groups excluding tert-OH is 1. The van der Waals surface area contributed by atoms with E-state index in [2.05, 4.69) is 12.2 Å². The summed E-state index contributed by atoms with van der Waals surface area (Å²) in [6.07, 6.45) is 10.3. The van der Waals surface area contributed by atoms with Gasteiger partial charge in [-0.15, -0.1) is 0 Å². The predicted octanol–water partition coefficient (Wildman–Crippen LogP) is 2.87. The Balaban J connectivity index is 1.57. The number of hydrogen-bond acceptors (Lipinski definition) is 2. The third kappa shape index (κ3) is 2.61. The molecule has 4 aliphatic carbocycles. The molecular formula is C17H29NO2. The summed E-state index contributed by atoms with van der Waals surface area (Å²) in [5.74, 6) is 1.95. The Labute approximate surface area is 122 Å². The van der Waals surface area contributed by atoms with E-state index in [9.17, 15) is 4.79 Å². The topological polar surface area (TPSA) is 49.3 Å². The molecule has 0 heterocycles. The molecular weight excluding hydrogens is 250 g/mol. The Morgan fingerprint density at radius 1 is 1.15 bits per heavy atom. The summed E-state index contributed by atoms with van der Waals surface area (Å²) in [6.45, 7) is 3.46. The highest BCUT2D eigenvalue weighted by molar-refractivity contribution is 5.83. The third-order valence-electron chi connectivity index (χ3n) is 5.96. The van der Waals surface area contributed by atoms with E-state index in [1.54, 1.807) is 0 Å². The summed E-state index contributed by atoms with van der Waals surface area (Å²) < 4.78 is 0. The van der Waals surface area contributed by atoms with Crippen molar-refractivity contribution in [2.75, 3.05) is 13.2 Å². The van der Waals surface area contributed by atoms with Crippen LogP contribution >= 0.6 is 0 Å². The summed E-state index contributed by atoms with van der Waals surface area (Å²) in [7, 11) is 0. The Kier molecular flexibility index (Phi) is 3.83. The maximum atomic E-state index is 12.7. The number of carbonyl (C=O) groups is 1. The first-order valence-corrected chi connectivity index (χ1v) is 8.44. The van der Waals surface area contributed by atoms with E-state index in [1.165, 1.54) is 19.3 Å². The molecule has 2 atom stereocenters. The van der Waals surface area contributed by atoms with Crippen molar-refractivity contribution < 1.29 is 9.90 Å². The molecule has 1 amide bonds. The highest BCUT2D eigenvalue weighted by Gasteiger charge is 2.58. The first kappa shape index (κ1) is 14.4. The first-order valence-electron chi connectivity index (χ1n) is 8.44. The molecule has 4 fully saturated rings. The SMILES string of the molecule is CC12CC3CC(C1)CC(C(=O)NCCCCCO)(C3)C2. The highest BCUT2D eigenvalue weighted by atomic mass is 16.2. The average Bonchev–Trinajstić information content (AvgIpc) is 2.35. The molecule has 0 saturated heterocycles. The molecule has 0 aromatic heterocycles. The van der Waals surface area contributed by atoms with E-state index in [4.69, 9.17) is 5.11 Å². The smallest absolute Gasteiger partial charge is 0.226 e. The van der Waals surface area contributed by atoms with Gasteiger partial charge in [0.25, 0.3) is 0 Å². The van der Waals surface area contributed by atoms with E-state index in [-0.39, 0.29) is 12.0 Å². The molecule has 114 valence electrons. The van der Waals surface area contributed by atoms with Crippen LogP contribution in [0.25, 0.3) is 0 Å². The number of unbranched alkanes of at least 4 members (excludes halogenated alkanes) is 2. The fraction of sp³-hybridized carbons (Fsp3) is 0.941. The fourth-order valence-corrected chi connectivity index (χ4v) is 5.79. The quantitative estimate of drug-likeness (QED) is 0.735. The molecule has 4 bridgehead atoms. The van der Waals surface area contributed by atoms with Gasteiger partial charge >= 0.3 is 0 Å². The summed E-state index contributed by atoms with van der Waals surface area (Å²) in [6, 6.07) is 0. The van der Waals surface area contributed by atoms with Crippen LogP contribution in [0.2, 0.25) is 0 Å². The van der Waals surface area contributed by atoms with E-state index in [1.807, 2.05) is 0 Å². The third-order valence-corrected chi connectivity index (χ3v) is 5.96. The van der Waals surface area contributed by atoms with Crippen molar-refractivity contribution in [1.82, 2.24) is 5.32 Å². The predicted molar refractivity (Wildman–Crippen MR) is 79.2 cm³/mol. The molecule has 4 saturated carbocycles. The summed E-state index contributed by atoms with van der Waals surface area (Å²) in [5.41, 5.74) is 0.411. The van der Waals surface area contributed by atoms with Crippen LogP contribution < -0.4 is 5.32 Å². The maximum absolute atomic E-state index is 12.7. The van der Waals surface area contributed by atoms with Crippen LogP contribution in [0.1, 0.15) is 64.7 Å². The van der Waals surface area contributed by atoms with E-state index < -0.39 is 0 Å². The van der Waals surface area contributed by atoms with Crippen LogP contribution in [0.3, 0.4) is 0 Å². The van der Waals surface area contributed by atoms with Gasteiger partial charge in [-0.3, -0.25) is 4.79 Å². The highest BCUT2D eigenvalue weighted by Crippen LogP contribution is 2.65. The minimum absolute atomic E-state index is 0.0319. The minimum atomic E-state index is -0.0319. The fourth-order valence-electron chi connectivity index (χ4n) is 5.79. The largest absolute Gasteiger partial charge is 0.396 e. The van der Waals surface area contributed by atoms with Crippen LogP contribution in [0, 0.1) is 22.7 Å². The van der Waals surface area contributed by atoms with E-state index in [0.29, 0.717) is 11.3 Å². The van der Waals surface area contributed by atoms with Gasteiger partial charge in [0.2, 0.25) is 5.91 Å². The number of aliphatic hydroxyl groups is 1. The van der Waals surface area contributed by atoms with Gasteiger partial charge in [-0.2, -0.15) is 0 Å². The molecule has 0 aromatic rings.